The van der Waals surface area contributed by atoms with Gasteiger partial charge in [0, 0.05) is 14.1 Å². The van der Waals surface area contributed by atoms with E-state index in [4.69, 9.17) is 0 Å². The summed E-state index contributed by atoms with van der Waals surface area (Å²) in [7, 11) is 5.60. The number of nitrogens with zero attached hydrogens (tertiary/aromatic N) is 1. The molecule has 44 valence electrons. The number of rotatable bonds is 1. The summed E-state index contributed by atoms with van der Waals surface area (Å²) in [6.45, 7) is 4.79. The van der Waals surface area contributed by atoms with Gasteiger partial charge in [-0.05, 0) is 13.1 Å². The van der Waals surface area contributed by atoms with Crippen molar-refractivity contribution in [3.05, 3.63) is 0 Å². The molecule has 0 aliphatic heterocycles. The zero-order chi connectivity index (χ0) is 6.08. The van der Waals surface area contributed by atoms with Crippen molar-refractivity contribution in [2.24, 2.45) is 0 Å². The average Bonchev–Trinajstić information content (AvgIpc) is 1.31. The van der Waals surface area contributed by atoms with Crippen LogP contribution in [0.3, 0.4) is 0 Å². The average molecular weight is 134 g/mol. The zero-order valence-corrected chi connectivity index (χ0v) is 9.18. The number of quaternary nitrogens is 1. The van der Waals surface area contributed by atoms with Crippen molar-refractivity contribution in [3.63, 3.8) is 0 Å². The highest BCUT2D eigenvalue weighted by Crippen LogP contribution is 1.92. The molecule has 0 rings (SSSR count). The molecule has 0 bridgehead atoms. The van der Waals surface area contributed by atoms with Crippen LogP contribution in [0.1, 0.15) is 0 Å². The van der Waals surface area contributed by atoms with E-state index >= 15 is 0 Å². The third-order valence-corrected chi connectivity index (χ3v) is 7.75. The second kappa shape index (κ2) is 2.11. The molecule has 0 N–H and O–H groups in total. The van der Waals surface area contributed by atoms with E-state index in [2.05, 4.69) is 27.2 Å². The lowest BCUT2D eigenvalue weighted by Crippen LogP contribution is -2.46. The third kappa shape index (κ3) is 3.02. The number of hydrogen-bond acceptors (Lipinski definition) is 0. The SMILES string of the molecule is C[SiH](C)[N+](C)(C)[SiH3]. The van der Waals surface area contributed by atoms with Crippen LogP contribution in [0.4, 0.5) is 0 Å². The Morgan fingerprint density at radius 2 is 1.43 bits per heavy atom. The second-order valence-corrected chi connectivity index (χ2v) is 10.3. The van der Waals surface area contributed by atoms with Gasteiger partial charge in [-0.25, -0.2) is 0 Å². The fourth-order valence-corrected chi connectivity index (χ4v) is 0. The minimum absolute atomic E-state index is 0.360. The van der Waals surface area contributed by atoms with Gasteiger partial charge in [0.15, 0.2) is 0 Å². The van der Waals surface area contributed by atoms with E-state index in [-0.39, 0.29) is 8.96 Å². The van der Waals surface area contributed by atoms with Crippen LogP contribution in [0.15, 0.2) is 0 Å². The molecule has 7 heavy (non-hydrogen) atoms. The van der Waals surface area contributed by atoms with Gasteiger partial charge in [0.1, 0.15) is 0 Å². The molecule has 1 nitrogen and oxygen atoms in total. The maximum atomic E-state index is 2.40. The summed E-state index contributed by atoms with van der Waals surface area (Å²) in [4.78, 5) is 0. The molecule has 0 saturated heterocycles. The van der Waals surface area contributed by atoms with E-state index in [1.807, 2.05) is 0 Å². The van der Waals surface area contributed by atoms with Gasteiger partial charge in [0.05, 0.1) is 0 Å². The van der Waals surface area contributed by atoms with E-state index < -0.39 is 0 Å². The Morgan fingerprint density at radius 1 is 1.29 bits per heavy atom. The molecule has 0 unspecified atom stereocenters. The third-order valence-electron chi connectivity index (χ3n) is 1.55. The van der Waals surface area contributed by atoms with E-state index in [9.17, 15) is 0 Å². The van der Waals surface area contributed by atoms with Crippen molar-refractivity contribution < 1.29 is 3.81 Å². The normalized spacial score (nSPS) is 13.3. The van der Waals surface area contributed by atoms with Gasteiger partial charge < -0.3 is 3.81 Å². The molecule has 0 amide bonds. The van der Waals surface area contributed by atoms with Crippen LogP contribution < -0.4 is 0 Å². The molecule has 0 atom stereocenters. The monoisotopic (exact) mass is 134 g/mol. The Kier molecular flexibility index (Phi) is 2.23. The van der Waals surface area contributed by atoms with Gasteiger partial charge in [-0.1, -0.05) is 0 Å². The molecule has 0 saturated carbocycles. The van der Waals surface area contributed by atoms with Crippen LogP contribution >= 0.6 is 0 Å². The maximum Gasteiger partial charge on any atom is 0.246 e. The van der Waals surface area contributed by atoms with Gasteiger partial charge in [-0.2, -0.15) is 0 Å². The first-order chi connectivity index (χ1) is 2.94. The largest absolute Gasteiger partial charge is 0.459 e. The smallest absolute Gasteiger partial charge is 0.246 e. The van der Waals surface area contributed by atoms with Gasteiger partial charge >= 0.3 is 0 Å². The molecule has 0 aliphatic carbocycles. The van der Waals surface area contributed by atoms with E-state index in [1.54, 1.807) is 0 Å². The first-order valence-electron chi connectivity index (χ1n) is 2.75. The zero-order valence-electron chi connectivity index (χ0n) is 6.02. The summed E-state index contributed by atoms with van der Waals surface area (Å²) >= 11 is 0. The molecule has 0 aliphatic rings. The molecule has 3 heteroatoms. The second-order valence-electron chi connectivity index (χ2n) is 3.21. The molecule has 0 aromatic heterocycles. The molecule has 0 aromatic carbocycles. The highest BCUT2D eigenvalue weighted by Gasteiger charge is 2.11. The Hall–Kier alpha value is 0.394. The summed E-state index contributed by atoms with van der Waals surface area (Å²) in [5.41, 5.74) is 0. The highest BCUT2D eigenvalue weighted by molar-refractivity contribution is 6.51. The minimum Gasteiger partial charge on any atom is -0.459 e. The number of hydrogen-bond donors (Lipinski definition) is 0. The van der Waals surface area contributed by atoms with Crippen molar-refractivity contribution in [1.82, 2.24) is 0 Å². The molecule has 0 aromatic rings. The minimum atomic E-state index is -0.360. The van der Waals surface area contributed by atoms with Crippen molar-refractivity contribution in [2.45, 2.75) is 13.1 Å². The van der Waals surface area contributed by atoms with Crippen LogP contribution in [0.2, 0.25) is 13.1 Å². The van der Waals surface area contributed by atoms with Crippen LogP contribution in [0.25, 0.3) is 0 Å². The predicted octanol–water partition coefficient (Wildman–Crippen LogP) is -0.673. The van der Waals surface area contributed by atoms with Crippen LogP contribution in [0, 0.1) is 0 Å². The summed E-state index contributed by atoms with van der Waals surface area (Å²) in [5.74, 6) is 0. The van der Waals surface area contributed by atoms with E-state index in [0.29, 0.717) is 0 Å². The quantitative estimate of drug-likeness (QED) is 0.417. The predicted molar refractivity (Wildman–Crippen MR) is 40.9 cm³/mol. The Morgan fingerprint density at radius 3 is 1.43 bits per heavy atom. The lowest BCUT2D eigenvalue weighted by molar-refractivity contribution is -0.654. The summed E-state index contributed by atoms with van der Waals surface area (Å²) in [6, 6.07) is 0. The molecule has 0 fully saturated rings. The molecule has 0 radical (unpaired) electrons. The van der Waals surface area contributed by atoms with Gasteiger partial charge in [-0.15, -0.1) is 0 Å². The Bertz CT molecular complexity index is 55.2. The first kappa shape index (κ1) is 7.39. The fourth-order valence-electron chi connectivity index (χ4n) is 0. The van der Waals surface area contributed by atoms with E-state index in [0.717, 1.165) is 0 Å². The van der Waals surface area contributed by atoms with E-state index in [1.165, 1.54) is 14.2 Å². The Balaban J connectivity index is 3.54. The van der Waals surface area contributed by atoms with Crippen molar-refractivity contribution in [3.8, 4) is 0 Å². The Labute approximate surface area is 51.1 Å². The standard InChI is InChI=1S/C4H16NSi2/c1-5(2,6)7(3)4/h7H,1-4,6H3/q+1. The molecular weight excluding hydrogens is 118 g/mol. The first-order valence-corrected chi connectivity index (χ1v) is 6.47. The fraction of sp³-hybridized carbons (Fsp3) is 1.00. The maximum absolute atomic E-state index is 2.40. The highest BCUT2D eigenvalue weighted by atomic mass is 28.3. The molecule has 0 spiro atoms. The summed E-state index contributed by atoms with van der Waals surface area (Å²) in [5, 5.41) is 0. The van der Waals surface area contributed by atoms with Crippen molar-refractivity contribution >= 4 is 19.4 Å². The van der Waals surface area contributed by atoms with Crippen molar-refractivity contribution in [1.29, 1.82) is 0 Å². The van der Waals surface area contributed by atoms with Gasteiger partial charge in [0.25, 0.3) is 0 Å². The van der Waals surface area contributed by atoms with Crippen LogP contribution in [-0.2, 0) is 0 Å². The topological polar surface area (TPSA) is 0 Å². The molecular formula is C4H16NSi2+. The lowest BCUT2D eigenvalue weighted by Gasteiger charge is -2.30. The van der Waals surface area contributed by atoms with Crippen LogP contribution in [0.5, 0.6) is 0 Å². The molecule has 0 heterocycles. The van der Waals surface area contributed by atoms with Crippen LogP contribution in [-0.4, -0.2) is 37.3 Å². The lowest BCUT2D eigenvalue weighted by atomic mass is 11.3. The van der Waals surface area contributed by atoms with Gasteiger partial charge in [0.2, 0.25) is 19.4 Å². The summed E-state index contributed by atoms with van der Waals surface area (Å²) < 4.78 is 1.33. The van der Waals surface area contributed by atoms with Crippen molar-refractivity contribution in [2.75, 3.05) is 14.1 Å². The van der Waals surface area contributed by atoms with Gasteiger partial charge in [-0.3, -0.25) is 0 Å². The summed E-state index contributed by atoms with van der Waals surface area (Å²) in [6.07, 6.45) is 0.